The number of carbonyl (C=O) groups is 2. The van der Waals surface area contributed by atoms with Gasteiger partial charge in [-0.15, -0.1) is 0 Å². The molecule has 0 aromatic heterocycles. The van der Waals surface area contributed by atoms with Crippen LogP contribution >= 0.6 is 0 Å². The lowest BCUT2D eigenvalue weighted by Crippen LogP contribution is -2.30. The standard InChI is InChI=1S/C14H18N2O2/c1-3-4-5-8-16-13(17)11-7-6-10(15-2)9-12(11)14(16)18/h6-7,9,15H,3-5,8H2,1-2H3. The van der Waals surface area contributed by atoms with Crippen molar-refractivity contribution in [2.75, 3.05) is 18.9 Å². The lowest BCUT2D eigenvalue weighted by Gasteiger charge is -2.12. The van der Waals surface area contributed by atoms with Gasteiger partial charge in [-0.1, -0.05) is 19.8 Å². The third kappa shape index (κ3) is 2.10. The SMILES string of the molecule is CCCCCN1C(=O)c2ccc(NC)cc2C1=O. The van der Waals surface area contributed by atoms with Crippen molar-refractivity contribution < 1.29 is 9.59 Å². The van der Waals surface area contributed by atoms with Crippen molar-refractivity contribution in [3.05, 3.63) is 29.3 Å². The van der Waals surface area contributed by atoms with Crippen molar-refractivity contribution in [3.63, 3.8) is 0 Å². The number of benzene rings is 1. The van der Waals surface area contributed by atoms with Crippen molar-refractivity contribution >= 4 is 17.5 Å². The first kappa shape index (κ1) is 12.6. The zero-order valence-electron chi connectivity index (χ0n) is 10.8. The molecular formula is C14H18N2O2. The smallest absolute Gasteiger partial charge is 0.261 e. The minimum atomic E-state index is -0.164. The summed E-state index contributed by atoms with van der Waals surface area (Å²) in [7, 11) is 1.79. The zero-order valence-corrected chi connectivity index (χ0v) is 10.8. The van der Waals surface area contributed by atoms with E-state index in [2.05, 4.69) is 12.2 Å². The van der Waals surface area contributed by atoms with Crippen molar-refractivity contribution in [1.29, 1.82) is 0 Å². The summed E-state index contributed by atoms with van der Waals surface area (Å²) in [5.41, 5.74) is 1.89. The van der Waals surface area contributed by atoms with E-state index in [9.17, 15) is 9.59 Å². The Hall–Kier alpha value is -1.84. The van der Waals surface area contributed by atoms with Gasteiger partial charge in [-0.3, -0.25) is 14.5 Å². The average Bonchev–Trinajstić information content (AvgIpc) is 2.63. The van der Waals surface area contributed by atoms with Gasteiger partial charge in [0.05, 0.1) is 11.1 Å². The molecule has 2 rings (SSSR count). The molecule has 0 bridgehead atoms. The molecule has 1 aromatic rings. The first-order valence-electron chi connectivity index (χ1n) is 6.37. The molecule has 1 aliphatic rings. The van der Waals surface area contributed by atoms with Crippen LogP contribution < -0.4 is 5.32 Å². The Labute approximate surface area is 107 Å². The van der Waals surface area contributed by atoms with Crippen LogP contribution in [0.3, 0.4) is 0 Å². The number of fused-ring (bicyclic) bond motifs is 1. The predicted octanol–water partition coefficient (Wildman–Crippen LogP) is 2.51. The fourth-order valence-electron chi connectivity index (χ4n) is 2.17. The Morgan fingerprint density at radius 3 is 2.50 bits per heavy atom. The van der Waals surface area contributed by atoms with Gasteiger partial charge in [0.2, 0.25) is 0 Å². The van der Waals surface area contributed by atoms with Crippen LogP contribution in [0, 0.1) is 0 Å². The summed E-state index contributed by atoms with van der Waals surface area (Å²) >= 11 is 0. The summed E-state index contributed by atoms with van der Waals surface area (Å²) in [4.78, 5) is 25.6. The molecule has 1 aliphatic heterocycles. The maximum absolute atomic E-state index is 12.1. The van der Waals surface area contributed by atoms with E-state index in [0.717, 1.165) is 24.9 Å². The van der Waals surface area contributed by atoms with Crippen molar-refractivity contribution in [2.45, 2.75) is 26.2 Å². The third-order valence-corrected chi connectivity index (χ3v) is 3.24. The van der Waals surface area contributed by atoms with Crippen LogP contribution in [-0.4, -0.2) is 30.3 Å². The molecule has 18 heavy (non-hydrogen) atoms. The van der Waals surface area contributed by atoms with E-state index in [-0.39, 0.29) is 11.8 Å². The highest BCUT2D eigenvalue weighted by atomic mass is 16.2. The first-order chi connectivity index (χ1) is 8.69. The molecule has 0 atom stereocenters. The van der Waals surface area contributed by atoms with Crippen LogP contribution in [0.2, 0.25) is 0 Å². The number of imide groups is 1. The average molecular weight is 246 g/mol. The second-order valence-electron chi connectivity index (χ2n) is 4.48. The van der Waals surface area contributed by atoms with Crippen LogP contribution in [0.25, 0.3) is 0 Å². The van der Waals surface area contributed by atoms with Crippen LogP contribution in [0.15, 0.2) is 18.2 Å². The van der Waals surface area contributed by atoms with E-state index in [1.165, 1.54) is 4.90 Å². The molecule has 1 heterocycles. The van der Waals surface area contributed by atoms with E-state index in [4.69, 9.17) is 0 Å². The van der Waals surface area contributed by atoms with Gasteiger partial charge in [0.15, 0.2) is 0 Å². The van der Waals surface area contributed by atoms with Gasteiger partial charge in [0.25, 0.3) is 11.8 Å². The molecule has 0 fully saturated rings. The zero-order chi connectivity index (χ0) is 13.1. The second-order valence-corrected chi connectivity index (χ2v) is 4.48. The Kier molecular flexibility index (Phi) is 3.65. The minimum Gasteiger partial charge on any atom is -0.388 e. The summed E-state index contributed by atoms with van der Waals surface area (Å²) in [5.74, 6) is -0.322. The number of nitrogens with zero attached hydrogens (tertiary/aromatic N) is 1. The molecular weight excluding hydrogens is 228 g/mol. The summed E-state index contributed by atoms with van der Waals surface area (Å²) in [6.45, 7) is 2.62. The number of carbonyl (C=O) groups excluding carboxylic acids is 2. The third-order valence-electron chi connectivity index (χ3n) is 3.24. The summed E-state index contributed by atoms with van der Waals surface area (Å²) in [5, 5.41) is 2.98. The molecule has 1 N–H and O–H groups in total. The summed E-state index contributed by atoms with van der Waals surface area (Å²) in [6, 6.07) is 5.29. The van der Waals surface area contributed by atoms with Crippen LogP contribution in [0.5, 0.6) is 0 Å². The van der Waals surface area contributed by atoms with Gasteiger partial charge in [-0.25, -0.2) is 0 Å². The predicted molar refractivity (Wildman–Crippen MR) is 70.9 cm³/mol. The van der Waals surface area contributed by atoms with Gasteiger partial charge in [0.1, 0.15) is 0 Å². The van der Waals surface area contributed by atoms with E-state index in [1.807, 2.05) is 6.07 Å². The summed E-state index contributed by atoms with van der Waals surface area (Å²) < 4.78 is 0. The number of rotatable bonds is 5. The highest BCUT2D eigenvalue weighted by Gasteiger charge is 2.34. The van der Waals surface area contributed by atoms with Crippen molar-refractivity contribution in [1.82, 2.24) is 4.90 Å². The van der Waals surface area contributed by atoms with Crippen molar-refractivity contribution in [2.24, 2.45) is 0 Å². The number of unbranched alkanes of at least 4 members (excludes halogenated alkanes) is 2. The number of nitrogens with one attached hydrogen (secondary N) is 1. The molecule has 2 amide bonds. The van der Waals surface area contributed by atoms with Gasteiger partial charge < -0.3 is 5.32 Å². The minimum absolute atomic E-state index is 0.159. The molecule has 0 unspecified atom stereocenters. The molecule has 96 valence electrons. The first-order valence-corrected chi connectivity index (χ1v) is 6.37. The fraction of sp³-hybridized carbons (Fsp3) is 0.429. The Morgan fingerprint density at radius 2 is 1.83 bits per heavy atom. The van der Waals surface area contributed by atoms with Crippen LogP contribution in [0.4, 0.5) is 5.69 Å². The highest BCUT2D eigenvalue weighted by molar-refractivity contribution is 6.21. The van der Waals surface area contributed by atoms with Crippen LogP contribution in [0.1, 0.15) is 46.9 Å². The molecule has 0 aliphatic carbocycles. The van der Waals surface area contributed by atoms with E-state index in [1.54, 1.807) is 19.2 Å². The number of hydrogen-bond donors (Lipinski definition) is 1. The maximum atomic E-state index is 12.1. The molecule has 0 saturated heterocycles. The number of amides is 2. The van der Waals surface area contributed by atoms with E-state index >= 15 is 0 Å². The molecule has 1 aromatic carbocycles. The van der Waals surface area contributed by atoms with Gasteiger partial charge in [-0.05, 0) is 24.6 Å². The molecule has 0 radical (unpaired) electrons. The molecule has 0 saturated carbocycles. The monoisotopic (exact) mass is 246 g/mol. The lowest BCUT2D eigenvalue weighted by molar-refractivity contribution is 0.0651. The van der Waals surface area contributed by atoms with Gasteiger partial charge >= 0.3 is 0 Å². The van der Waals surface area contributed by atoms with E-state index in [0.29, 0.717) is 17.7 Å². The Morgan fingerprint density at radius 1 is 1.11 bits per heavy atom. The van der Waals surface area contributed by atoms with Crippen molar-refractivity contribution in [3.8, 4) is 0 Å². The lowest BCUT2D eigenvalue weighted by atomic mass is 10.1. The number of anilines is 1. The van der Waals surface area contributed by atoms with Crippen LogP contribution in [-0.2, 0) is 0 Å². The fourth-order valence-corrected chi connectivity index (χ4v) is 2.17. The Bertz CT molecular complexity index is 483. The molecule has 0 spiro atoms. The largest absolute Gasteiger partial charge is 0.388 e. The normalized spacial score (nSPS) is 14.0. The Balaban J connectivity index is 2.21. The topological polar surface area (TPSA) is 49.4 Å². The second kappa shape index (κ2) is 5.21. The van der Waals surface area contributed by atoms with Gasteiger partial charge in [-0.2, -0.15) is 0 Å². The maximum Gasteiger partial charge on any atom is 0.261 e. The molecule has 4 heteroatoms. The summed E-state index contributed by atoms with van der Waals surface area (Å²) in [6.07, 6.45) is 2.99. The highest BCUT2D eigenvalue weighted by Crippen LogP contribution is 2.25. The van der Waals surface area contributed by atoms with E-state index < -0.39 is 0 Å². The van der Waals surface area contributed by atoms with Gasteiger partial charge in [0, 0.05) is 19.3 Å². The molecule has 4 nitrogen and oxygen atoms in total. The number of hydrogen-bond acceptors (Lipinski definition) is 3. The quantitative estimate of drug-likeness (QED) is 0.641.